The average Bonchev–Trinajstić information content (AvgIpc) is 3.42. The summed E-state index contributed by atoms with van der Waals surface area (Å²) >= 11 is 3.51. The van der Waals surface area contributed by atoms with Crippen LogP contribution in [0.15, 0.2) is 22.7 Å². The predicted molar refractivity (Wildman–Crippen MR) is 188 cm³/mol. The van der Waals surface area contributed by atoms with Gasteiger partial charge < -0.3 is 20.3 Å². The number of allylic oxidation sites excluding steroid dienone is 1. The smallest absolute Gasteiger partial charge is 0.307 e. The van der Waals surface area contributed by atoms with Crippen molar-refractivity contribution < 1.29 is 19.4 Å². The number of carboxylic acid groups (broad SMARTS) is 1. The molecule has 12 atom stereocenters. The number of hydrogen-bond donors (Lipinski definition) is 2. The Balaban J connectivity index is 1.44. The zero-order valence-corrected chi connectivity index (χ0v) is 32.2. The van der Waals surface area contributed by atoms with E-state index in [1.165, 1.54) is 5.57 Å². The molecule has 8 nitrogen and oxygen atoms in total. The minimum absolute atomic E-state index is 0.0315. The van der Waals surface area contributed by atoms with Crippen LogP contribution in [-0.4, -0.2) is 57.3 Å². The van der Waals surface area contributed by atoms with Gasteiger partial charge in [0.05, 0.1) is 37.9 Å². The van der Waals surface area contributed by atoms with Crippen LogP contribution < -0.4 is 5.73 Å². The highest BCUT2D eigenvalue weighted by molar-refractivity contribution is 9.10. The van der Waals surface area contributed by atoms with Crippen LogP contribution >= 0.6 is 15.9 Å². The van der Waals surface area contributed by atoms with Crippen LogP contribution in [-0.2, 0) is 14.3 Å². The molecule has 0 radical (unpaired) electrons. The van der Waals surface area contributed by atoms with Gasteiger partial charge in [-0.2, -0.15) is 0 Å². The molecule has 6 rings (SSSR count). The molecule has 47 heavy (non-hydrogen) atoms. The zero-order valence-electron chi connectivity index (χ0n) is 30.6. The Morgan fingerprint density at radius 2 is 1.85 bits per heavy atom. The summed E-state index contributed by atoms with van der Waals surface area (Å²) in [6, 6.07) is -0.0315. The van der Waals surface area contributed by atoms with E-state index in [1.54, 1.807) is 0 Å². The van der Waals surface area contributed by atoms with Gasteiger partial charge in [-0.3, -0.25) is 4.79 Å². The van der Waals surface area contributed by atoms with Gasteiger partial charge in [-0.05, 0) is 107 Å². The molecule has 1 saturated heterocycles. The number of rotatable bonds is 8. The molecule has 1 unspecified atom stereocenters. The molecule has 3 N–H and O–H groups in total. The molecule has 4 fully saturated rings. The van der Waals surface area contributed by atoms with E-state index in [0.717, 1.165) is 38.5 Å². The largest absolute Gasteiger partial charge is 0.481 e. The van der Waals surface area contributed by atoms with E-state index in [9.17, 15) is 9.90 Å². The van der Waals surface area contributed by atoms with E-state index in [1.807, 2.05) is 11.0 Å². The first-order valence-electron chi connectivity index (χ1n) is 18.3. The van der Waals surface area contributed by atoms with Crippen LogP contribution in [0, 0.1) is 62.6 Å². The van der Waals surface area contributed by atoms with Crippen molar-refractivity contribution in [2.24, 2.45) is 68.3 Å². The summed E-state index contributed by atoms with van der Waals surface area (Å²) in [5.74, 6) is 0.712. The molecule has 5 aliphatic rings. The zero-order chi connectivity index (χ0) is 34.5. The molecule has 4 aliphatic carbocycles. The molecule has 2 bridgehead atoms. The summed E-state index contributed by atoms with van der Waals surface area (Å²) in [5, 5.41) is 15.8. The molecule has 9 heteroatoms. The van der Waals surface area contributed by atoms with Crippen LogP contribution in [0.4, 0.5) is 0 Å². The van der Waals surface area contributed by atoms with Crippen molar-refractivity contribution in [1.29, 1.82) is 0 Å². The van der Waals surface area contributed by atoms with Gasteiger partial charge in [-0.15, -0.1) is 5.10 Å². The second-order valence-electron chi connectivity index (χ2n) is 18.5. The Labute approximate surface area is 291 Å². The van der Waals surface area contributed by atoms with Gasteiger partial charge in [0.15, 0.2) is 0 Å². The fraction of sp³-hybridized carbons (Fsp3) is 0.868. The normalized spacial score (nSPS) is 45.0. The molecule has 1 aliphatic heterocycles. The Bertz CT molecular complexity index is 1410. The molecule has 2 heterocycles. The summed E-state index contributed by atoms with van der Waals surface area (Å²) in [7, 11) is 0. The van der Waals surface area contributed by atoms with Crippen molar-refractivity contribution in [1.82, 2.24) is 14.8 Å². The highest BCUT2D eigenvalue weighted by Crippen LogP contribution is 2.75. The Morgan fingerprint density at radius 1 is 1.15 bits per heavy atom. The standard InChI is InChI=1S/C38H61BrN4O4/c1-22(2)24(5)33(6)15-16-35(8)25-11-12-28-34(7)18-46-20-38(28,26(25)13-14-36(35,9)29(33)31(44)45)17-27(43-21-41-32(39)42-43)30(34)47-19-37(10,40)23(3)4/h13,21-25,27-30H,11-12,14-20,40H2,1-10H3,(H,44,45)/t24-,25+,27-,28+,29-,30+,33-,34?,35-,36+,37+,38+/m1/s1. The first-order chi connectivity index (χ1) is 21.8. The Kier molecular flexibility index (Phi) is 8.79. The highest BCUT2D eigenvalue weighted by Gasteiger charge is 2.72. The number of carboxylic acids is 1. The summed E-state index contributed by atoms with van der Waals surface area (Å²) in [6.45, 7) is 24.4. The lowest BCUT2D eigenvalue weighted by Crippen LogP contribution is -2.69. The lowest BCUT2D eigenvalue weighted by molar-refractivity contribution is -0.252. The van der Waals surface area contributed by atoms with Crippen molar-refractivity contribution in [2.75, 3.05) is 19.8 Å². The number of aliphatic carboxylic acids is 1. The van der Waals surface area contributed by atoms with Crippen LogP contribution in [0.1, 0.15) is 114 Å². The number of nitrogens with two attached hydrogens (primary N) is 1. The molecule has 0 spiro atoms. The van der Waals surface area contributed by atoms with Crippen molar-refractivity contribution >= 4 is 21.9 Å². The Hall–Kier alpha value is -1.29. The van der Waals surface area contributed by atoms with Crippen molar-refractivity contribution in [3.05, 3.63) is 22.7 Å². The second kappa shape index (κ2) is 11.6. The first-order valence-corrected chi connectivity index (χ1v) is 19.1. The number of halogens is 1. The maximum Gasteiger partial charge on any atom is 0.307 e. The van der Waals surface area contributed by atoms with Gasteiger partial charge in [-0.25, -0.2) is 9.67 Å². The third-order valence-electron chi connectivity index (χ3n) is 15.8. The van der Waals surface area contributed by atoms with Gasteiger partial charge >= 0.3 is 5.97 Å². The van der Waals surface area contributed by atoms with E-state index in [-0.39, 0.29) is 45.1 Å². The van der Waals surface area contributed by atoms with E-state index >= 15 is 0 Å². The quantitative estimate of drug-likeness (QED) is 0.263. The number of aromatic nitrogens is 3. The predicted octanol–water partition coefficient (Wildman–Crippen LogP) is 7.93. The van der Waals surface area contributed by atoms with Crippen LogP contribution in [0.3, 0.4) is 0 Å². The Morgan fingerprint density at radius 3 is 2.45 bits per heavy atom. The number of hydrogen-bond acceptors (Lipinski definition) is 6. The topological polar surface area (TPSA) is 112 Å². The third-order valence-corrected chi connectivity index (χ3v) is 16.2. The van der Waals surface area contributed by atoms with Crippen LogP contribution in [0.25, 0.3) is 0 Å². The van der Waals surface area contributed by atoms with Crippen LogP contribution in [0.5, 0.6) is 0 Å². The molecule has 0 aromatic carbocycles. The second-order valence-corrected chi connectivity index (χ2v) is 19.2. The summed E-state index contributed by atoms with van der Waals surface area (Å²) in [4.78, 5) is 17.9. The lowest BCUT2D eigenvalue weighted by Gasteiger charge is -2.71. The van der Waals surface area contributed by atoms with Gasteiger partial charge in [-0.1, -0.05) is 74.0 Å². The molecular weight excluding hydrogens is 656 g/mol. The van der Waals surface area contributed by atoms with Crippen LogP contribution in [0.2, 0.25) is 0 Å². The molecule has 1 aromatic rings. The van der Waals surface area contributed by atoms with Gasteiger partial charge in [0.2, 0.25) is 4.73 Å². The number of fused-ring (bicyclic) bond motifs is 3. The van der Waals surface area contributed by atoms with E-state index < -0.39 is 17.4 Å². The number of ether oxygens (including phenoxy) is 2. The monoisotopic (exact) mass is 716 g/mol. The highest BCUT2D eigenvalue weighted by atomic mass is 79.9. The van der Waals surface area contributed by atoms with Crippen molar-refractivity contribution in [3.8, 4) is 0 Å². The first kappa shape index (κ1) is 35.5. The van der Waals surface area contributed by atoms with Gasteiger partial charge in [0, 0.05) is 16.4 Å². The lowest BCUT2D eigenvalue weighted by atomic mass is 9.34. The SMILES string of the molecule is CC(C)[C@@H](C)[C@@]1(C)CC[C@]2(C)[C@H]3CC[C@H]4C5(C)COC[C@@]4(C[C@@H](n4cnc(Br)n4)[C@@H]5OC[C@](C)(N)C(C)C)C3=CC[C@@]2(C)[C@@H]1C(=O)O. The summed E-state index contributed by atoms with van der Waals surface area (Å²) in [5.41, 5.74) is 6.71. The molecular formula is C38H61BrN4O4. The number of carbonyl (C=O) groups is 1. The number of nitrogens with zero attached hydrogens (tertiary/aromatic N) is 3. The molecule has 1 aromatic heterocycles. The van der Waals surface area contributed by atoms with Crippen molar-refractivity contribution in [2.45, 2.75) is 125 Å². The van der Waals surface area contributed by atoms with Crippen molar-refractivity contribution in [3.63, 3.8) is 0 Å². The van der Waals surface area contributed by atoms with E-state index in [0.29, 0.717) is 48.2 Å². The molecule has 3 saturated carbocycles. The maximum atomic E-state index is 13.4. The molecule has 0 amide bonds. The fourth-order valence-corrected chi connectivity index (χ4v) is 12.3. The van der Waals surface area contributed by atoms with Gasteiger partial charge in [0.1, 0.15) is 6.33 Å². The fourth-order valence-electron chi connectivity index (χ4n) is 12.0. The summed E-state index contributed by atoms with van der Waals surface area (Å²) < 4.78 is 16.3. The molecule has 264 valence electrons. The van der Waals surface area contributed by atoms with E-state index in [2.05, 4.69) is 96.2 Å². The summed E-state index contributed by atoms with van der Waals surface area (Å²) in [6.07, 6.45) is 10.0. The van der Waals surface area contributed by atoms with E-state index in [4.69, 9.17) is 20.3 Å². The minimum atomic E-state index is -0.617. The third kappa shape index (κ3) is 5.00. The maximum absolute atomic E-state index is 13.4. The van der Waals surface area contributed by atoms with Gasteiger partial charge in [0.25, 0.3) is 0 Å². The minimum Gasteiger partial charge on any atom is -0.481 e. The average molecular weight is 718 g/mol.